The van der Waals surface area contributed by atoms with Gasteiger partial charge >= 0.3 is 0 Å². The SMILES string of the molecule is CNc1cccc([C@H]2CN(C(=O)c3csc(C(C)C)c3)CCO2)n1. The van der Waals surface area contributed by atoms with Gasteiger partial charge in [0.15, 0.2) is 0 Å². The van der Waals surface area contributed by atoms with Crippen molar-refractivity contribution in [3.8, 4) is 0 Å². The van der Waals surface area contributed by atoms with Crippen molar-refractivity contribution in [2.24, 2.45) is 0 Å². The summed E-state index contributed by atoms with van der Waals surface area (Å²) >= 11 is 1.65. The molecule has 24 heavy (non-hydrogen) atoms. The third kappa shape index (κ3) is 3.60. The van der Waals surface area contributed by atoms with E-state index in [0.29, 0.717) is 25.6 Å². The molecule has 5 nitrogen and oxygen atoms in total. The first-order chi connectivity index (χ1) is 11.6. The summed E-state index contributed by atoms with van der Waals surface area (Å²) < 4.78 is 5.84. The summed E-state index contributed by atoms with van der Waals surface area (Å²) in [6.45, 7) is 5.97. The summed E-state index contributed by atoms with van der Waals surface area (Å²) in [6.07, 6.45) is -0.181. The molecule has 2 aromatic rings. The lowest BCUT2D eigenvalue weighted by Crippen LogP contribution is -2.42. The molecule has 3 rings (SSSR count). The number of carbonyl (C=O) groups excluding carboxylic acids is 1. The van der Waals surface area contributed by atoms with Crippen LogP contribution in [-0.2, 0) is 4.74 Å². The number of nitrogens with zero attached hydrogens (tertiary/aromatic N) is 2. The van der Waals surface area contributed by atoms with Gasteiger partial charge in [-0.15, -0.1) is 11.3 Å². The average Bonchev–Trinajstić information content (AvgIpc) is 3.11. The van der Waals surface area contributed by atoms with Gasteiger partial charge in [0.2, 0.25) is 0 Å². The van der Waals surface area contributed by atoms with Gasteiger partial charge in [-0.2, -0.15) is 0 Å². The number of amides is 1. The van der Waals surface area contributed by atoms with Crippen LogP contribution in [0.1, 0.15) is 46.8 Å². The van der Waals surface area contributed by atoms with Crippen molar-refractivity contribution >= 4 is 23.1 Å². The zero-order chi connectivity index (χ0) is 17.1. The minimum atomic E-state index is -0.181. The largest absolute Gasteiger partial charge is 0.373 e. The van der Waals surface area contributed by atoms with Crippen molar-refractivity contribution in [2.75, 3.05) is 32.1 Å². The molecule has 1 N–H and O–H groups in total. The standard InChI is InChI=1S/C18H23N3O2S/c1-12(2)16-9-13(11-24-16)18(22)21-7-8-23-15(10-21)14-5-4-6-17(19-3)20-14/h4-6,9,11-12,15H,7-8,10H2,1-3H3,(H,19,20)/t15-/m1/s1. The zero-order valence-corrected chi connectivity index (χ0v) is 15.1. The Morgan fingerprint density at radius 2 is 2.29 bits per heavy atom. The number of hydrogen-bond acceptors (Lipinski definition) is 5. The number of rotatable bonds is 4. The van der Waals surface area contributed by atoms with E-state index in [1.54, 1.807) is 11.3 Å². The first-order valence-corrected chi connectivity index (χ1v) is 9.10. The van der Waals surface area contributed by atoms with Crippen molar-refractivity contribution < 1.29 is 9.53 Å². The second-order valence-electron chi connectivity index (χ2n) is 6.20. The van der Waals surface area contributed by atoms with Crippen LogP contribution in [0.3, 0.4) is 0 Å². The Morgan fingerprint density at radius 3 is 3.00 bits per heavy atom. The normalized spacial score (nSPS) is 18.0. The number of carbonyl (C=O) groups is 1. The maximum Gasteiger partial charge on any atom is 0.254 e. The number of anilines is 1. The van der Waals surface area contributed by atoms with Gasteiger partial charge in [-0.1, -0.05) is 19.9 Å². The molecule has 0 aliphatic carbocycles. The van der Waals surface area contributed by atoms with Crippen LogP contribution in [0.2, 0.25) is 0 Å². The van der Waals surface area contributed by atoms with Gasteiger partial charge < -0.3 is 15.0 Å². The summed E-state index contributed by atoms with van der Waals surface area (Å²) in [6, 6.07) is 7.82. The molecule has 1 aliphatic heterocycles. The molecule has 1 fully saturated rings. The molecule has 0 unspecified atom stereocenters. The lowest BCUT2D eigenvalue weighted by atomic mass is 10.1. The second-order valence-corrected chi connectivity index (χ2v) is 7.14. The third-order valence-electron chi connectivity index (χ3n) is 4.15. The fraction of sp³-hybridized carbons (Fsp3) is 0.444. The molecular weight excluding hydrogens is 322 g/mol. The molecule has 1 saturated heterocycles. The van der Waals surface area contributed by atoms with Gasteiger partial charge in [0.25, 0.3) is 5.91 Å². The van der Waals surface area contributed by atoms with E-state index in [1.807, 2.05) is 41.6 Å². The van der Waals surface area contributed by atoms with Crippen molar-refractivity contribution in [1.29, 1.82) is 0 Å². The fourth-order valence-electron chi connectivity index (χ4n) is 2.73. The highest BCUT2D eigenvalue weighted by Gasteiger charge is 2.27. The number of aromatic nitrogens is 1. The van der Waals surface area contributed by atoms with Crippen LogP contribution in [0, 0.1) is 0 Å². The third-order valence-corrected chi connectivity index (χ3v) is 5.38. The molecule has 0 bridgehead atoms. The molecule has 2 aromatic heterocycles. The lowest BCUT2D eigenvalue weighted by molar-refractivity contribution is -0.0246. The predicted octanol–water partition coefficient (Wildman–Crippen LogP) is 3.52. The summed E-state index contributed by atoms with van der Waals surface area (Å²) in [5, 5.41) is 4.99. The van der Waals surface area contributed by atoms with Crippen molar-refractivity contribution in [3.63, 3.8) is 0 Å². The minimum absolute atomic E-state index is 0.0798. The Balaban J connectivity index is 1.73. The second kappa shape index (κ2) is 7.32. The lowest BCUT2D eigenvalue weighted by Gasteiger charge is -2.32. The van der Waals surface area contributed by atoms with E-state index in [4.69, 9.17) is 4.74 Å². The van der Waals surface area contributed by atoms with Crippen LogP contribution < -0.4 is 5.32 Å². The molecule has 128 valence electrons. The highest BCUT2D eigenvalue weighted by atomic mass is 32.1. The van der Waals surface area contributed by atoms with Crippen molar-refractivity contribution in [3.05, 3.63) is 45.8 Å². The molecule has 6 heteroatoms. The van der Waals surface area contributed by atoms with Gasteiger partial charge in [-0.05, 0) is 24.1 Å². The van der Waals surface area contributed by atoms with E-state index in [9.17, 15) is 4.79 Å². The van der Waals surface area contributed by atoms with E-state index < -0.39 is 0 Å². The Bertz CT molecular complexity index is 714. The van der Waals surface area contributed by atoms with Crippen LogP contribution in [0.4, 0.5) is 5.82 Å². The first kappa shape index (κ1) is 16.9. The number of nitrogens with one attached hydrogen (secondary N) is 1. The Kier molecular flexibility index (Phi) is 5.16. The van der Waals surface area contributed by atoms with Gasteiger partial charge in [-0.3, -0.25) is 4.79 Å². The molecule has 1 atom stereocenters. The first-order valence-electron chi connectivity index (χ1n) is 8.22. The molecule has 0 spiro atoms. The van der Waals surface area contributed by atoms with Crippen molar-refractivity contribution in [1.82, 2.24) is 9.88 Å². The monoisotopic (exact) mass is 345 g/mol. The highest BCUT2D eigenvalue weighted by molar-refractivity contribution is 7.10. The molecule has 3 heterocycles. The van der Waals surface area contributed by atoms with E-state index in [2.05, 4.69) is 24.1 Å². The minimum Gasteiger partial charge on any atom is -0.373 e. The predicted molar refractivity (Wildman–Crippen MR) is 96.8 cm³/mol. The van der Waals surface area contributed by atoms with E-state index in [1.165, 1.54) is 4.88 Å². The quantitative estimate of drug-likeness (QED) is 0.921. The maximum atomic E-state index is 12.8. The summed E-state index contributed by atoms with van der Waals surface area (Å²) in [5.41, 5.74) is 1.63. The van der Waals surface area contributed by atoms with Gasteiger partial charge in [-0.25, -0.2) is 4.98 Å². The zero-order valence-electron chi connectivity index (χ0n) is 14.3. The molecule has 0 aromatic carbocycles. The van der Waals surface area contributed by atoms with Gasteiger partial charge in [0, 0.05) is 23.8 Å². The average molecular weight is 345 g/mol. The van der Waals surface area contributed by atoms with Crippen LogP contribution >= 0.6 is 11.3 Å². The Hall–Kier alpha value is -1.92. The molecule has 1 aliphatic rings. The summed E-state index contributed by atoms with van der Waals surface area (Å²) in [7, 11) is 1.84. The van der Waals surface area contributed by atoms with E-state index in [0.717, 1.165) is 17.1 Å². The Morgan fingerprint density at radius 1 is 1.46 bits per heavy atom. The molecule has 1 amide bonds. The van der Waals surface area contributed by atoms with Crippen LogP contribution in [0.25, 0.3) is 0 Å². The van der Waals surface area contributed by atoms with Crippen LogP contribution in [0.5, 0.6) is 0 Å². The number of pyridine rings is 1. The number of ether oxygens (including phenoxy) is 1. The van der Waals surface area contributed by atoms with Crippen LogP contribution in [-0.4, -0.2) is 42.5 Å². The number of hydrogen-bond donors (Lipinski definition) is 1. The maximum absolute atomic E-state index is 12.8. The van der Waals surface area contributed by atoms with Gasteiger partial charge in [0.05, 0.1) is 24.4 Å². The highest BCUT2D eigenvalue weighted by Crippen LogP contribution is 2.26. The number of thiophene rings is 1. The van der Waals surface area contributed by atoms with Crippen LogP contribution in [0.15, 0.2) is 29.6 Å². The topological polar surface area (TPSA) is 54.5 Å². The molecular formula is C18H23N3O2S. The summed E-state index contributed by atoms with van der Waals surface area (Å²) in [4.78, 5) is 20.4. The fourth-order valence-corrected chi connectivity index (χ4v) is 3.63. The number of morpholine rings is 1. The summed E-state index contributed by atoms with van der Waals surface area (Å²) in [5.74, 6) is 1.33. The van der Waals surface area contributed by atoms with Crippen molar-refractivity contribution in [2.45, 2.75) is 25.9 Å². The molecule has 0 saturated carbocycles. The smallest absolute Gasteiger partial charge is 0.254 e. The Labute approximate surface area is 146 Å². The molecule has 0 radical (unpaired) electrons. The van der Waals surface area contributed by atoms with E-state index in [-0.39, 0.29) is 12.0 Å². The van der Waals surface area contributed by atoms with Gasteiger partial charge in [0.1, 0.15) is 11.9 Å². The van der Waals surface area contributed by atoms with E-state index >= 15 is 0 Å².